The van der Waals surface area contributed by atoms with Crippen molar-refractivity contribution < 1.29 is 18.0 Å². The lowest BCUT2D eigenvalue weighted by Crippen LogP contribution is -2.43. The standard InChI is InChI=1S/C17H23N3O4S/c1-3-10-18-17(22)14-8-11-20(12-9-14)25(23,24)16-6-4-15(5-7-16)19-13(2)21/h3-7,14H,1,8-12H2,2H3,(H,18,22)(H,19,21). The Morgan fingerprint density at radius 2 is 1.84 bits per heavy atom. The van der Waals surface area contributed by atoms with E-state index in [2.05, 4.69) is 17.2 Å². The summed E-state index contributed by atoms with van der Waals surface area (Å²) in [6.45, 7) is 5.97. The number of sulfonamides is 1. The van der Waals surface area contributed by atoms with Gasteiger partial charge in [0.05, 0.1) is 4.90 Å². The van der Waals surface area contributed by atoms with E-state index in [9.17, 15) is 18.0 Å². The van der Waals surface area contributed by atoms with Gasteiger partial charge in [0.2, 0.25) is 21.8 Å². The molecule has 0 unspecified atom stereocenters. The maximum atomic E-state index is 12.7. The molecule has 0 atom stereocenters. The molecule has 0 spiro atoms. The summed E-state index contributed by atoms with van der Waals surface area (Å²) in [5.41, 5.74) is 0.545. The second-order valence-corrected chi connectivity index (χ2v) is 7.86. The van der Waals surface area contributed by atoms with Crippen molar-refractivity contribution in [3.63, 3.8) is 0 Å². The van der Waals surface area contributed by atoms with Gasteiger partial charge in [-0.05, 0) is 37.1 Å². The zero-order valence-corrected chi connectivity index (χ0v) is 15.0. The van der Waals surface area contributed by atoms with E-state index in [0.29, 0.717) is 38.2 Å². The van der Waals surface area contributed by atoms with Crippen LogP contribution in [-0.2, 0) is 19.6 Å². The van der Waals surface area contributed by atoms with E-state index in [1.165, 1.54) is 23.4 Å². The van der Waals surface area contributed by atoms with Crippen LogP contribution in [0, 0.1) is 5.92 Å². The van der Waals surface area contributed by atoms with Crippen LogP contribution >= 0.6 is 0 Å². The van der Waals surface area contributed by atoms with Crippen molar-refractivity contribution in [2.45, 2.75) is 24.7 Å². The molecule has 136 valence electrons. The number of amides is 2. The van der Waals surface area contributed by atoms with Crippen molar-refractivity contribution in [1.82, 2.24) is 9.62 Å². The number of carbonyl (C=O) groups excluding carboxylic acids is 2. The Bertz CT molecular complexity index is 736. The third-order valence-electron chi connectivity index (χ3n) is 4.06. The third kappa shape index (κ3) is 4.90. The van der Waals surface area contributed by atoms with Gasteiger partial charge in [0.15, 0.2) is 0 Å². The van der Waals surface area contributed by atoms with Crippen LogP contribution in [0.25, 0.3) is 0 Å². The van der Waals surface area contributed by atoms with Gasteiger partial charge in [-0.3, -0.25) is 9.59 Å². The first-order valence-corrected chi connectivity index (χ1v) is 9.55. The van der Waals surface area contributed by atoms with Crippen LogP contribution in [0.1, 0.15) is 19.8 Å². The Labute approximate surface area is 148 Å². The van der Waals surface area contributed by atoms with Gasteiger partial charge in [0, 0.05) is 38.2 Å². The van der Waals surface area contributed by atoms with Gasteiger partial charge < -0.3 is 10.6 Å². The number of anilines is 1. The molecule has 2 rings (SSSR count). The Balaban J connectivity index is 2.00. The predicted molar refractivity (Wildman–Crippen MR) is 95.4 cm³/mol. The van der Waals surface area contributed by atoms with Gasteiger partial charge in [0.1, 0.15) is 0 Å². The number of rotatable bonds is 6. The highest BCUT2D eigenvalue weighted by Crippen LogP contribution is 2.24. The molecule has 2 amide bonds. The van der Waals surface area contributed by atoms with Crippen molar-refractivity contribution in [3.05, 3.63) is 36.9 Å². The average Bonchev–Trinajstić information content (AvgIpc) is 2.59. The van der Waals surface area contributed by atoms with Crippen LogP contribution in [-0.4, -0.2) is 44.2 Å². The number of carbonyl (C=O) groups is 2. The highest BCUT2D eigenvalue weighted by molar-refractivity contribution is 7.89. The maximum absolute atomic E-state index is 12.7. The molecular weight excluding hydrogens is 342 g/mol. The summed E-state index contributed by atoms with van der Waals surface area (Å²) in [6, 6.07) is 6.07. The van der Waals surface area contributed by atoms with E-state index >= 15 is 0 Å². The van der Waals surface area contributed by atoms with Gasteiger partial charge in [-0.15, -0.1) is 6.58 Å². The minimum atomic E-state index is -3.60. The molecule has 1 heterocycles. The second kappa shape index (κ2) is 8.26. The summed E-state index contributed by atoms with van der Waals surface area (Å²) >= 11 is 0. The van der Waals surface area contributed by atoms with Gasteiger partial charge in [0.25, 0.3) is 0 Å². The number of hydrogen-bond acceptors (Lipinski definition) is 4. The third-order valence-corrected chi connectivity index (χ3v) is 5.97. The van der Waals surface area contributed by atoms with E-state index in [0.717, 1.165) is 0 Å². The minimum Gasteiger partial charge on any atom is -0.352 e. The maximum Gasteiger partial charge on any atom is 0.243 e. The first-order chi connectivity index (χ1) is 11.8. The van der Waals surface area contributed by atoms with Crippen LogP contribution in [0.4, 0.5) is 5.69 Å². The van der Waals surface area contributed by atoms with Gasteiger partial charge in [-0.2, -0.15) is 4.31 Å². The molecule has 25 heavy (non-hydrogen) atoms. The smallest absolute Gasteiger partial charge is 0.243 e. The van der Waals surface area contributed by atoms with Crippen molar-refractivity contribution >= 4 is 27.5 Å². The fraction of sp³-hybridized carbons (Fsp3) is 0.412. The summed E-state index contributed by atoms with van der Waals surface area (Å²) in [7, 11) is -3.60. The SMILES string of the molecule is C=CCNC(=O)C1CCN(S(=O)(=O)c2ccc(NC(C)=O)cc2)CC1. The minimum absolute atomic E-state index is 0.0587. The number of hydrogen-bond donors (Lipinski definition) is 2. The Hall–Kier alpha value is -2.19. The molecular formula is C17H23N3O4S. The average molecular weight is 365 g/mol. The Kier molecular flexibility index (Phi) is 6.33. The summed E-state index contributed by atoms with van der Waals surface area (Å²) in [5, 5.41) is 5.35. The molecule has 1 aliphatic heterocycles. The van der Waals surface area contributed by atoms with E-state index in [4.69, 9.17) is 0 Å². The Morgan fingerprint density at radius 1 is 1.24 bits per heavy atom. The molecule has 1 aromatic carbocycles. The fourth-order valence-electron chi connectivity index (χ4n) is 2.74. The van der Waals surface area contributed by atoms with Gasteiger partial charge in [-0.25, -0.2) is 8.42 Å². The second-order valence-electron chi connectivity index (χ2n) is 5.92. The van der Waals surface area contributed by atoms with Crippen molar-refractivity contribution in [2.75, 3.05) is 25.0 Å². The largest absolute Gasteiger partial charge is 0.352 e. The van der Waals surface area contributed by atoms with E-state index < -0.39 is 10.0 Å². The predicted octanol–water partition coefficient (Wildman–Crippen LogP) is 1.35. The summed E-state index contributed by atoms with van der Waals surface area (Å²) in [4.78, 5) is 23.1. The molecule has 1 aromatic rings. The van der Waals surface area contributed by atoms with Crippen LogP contribution in [0.2, 0.25) is 0 Å². The summed E-state index contributed by atoms with van der Waals surface area (Å²) in [6.07, 6.45) is 2.60. The number of benzene rings is 1. The van der Waals surface area contributed by atoms with E-state index in [1.54, 1.807) is 18.2 Å². The van der Waals surface area contributed by atoms with Gasteiger partial charge in [-0.1, -0.05) is 6.08 Å². The topological polar surface area (TPSA) is 95.6 Å². The first-order valence-electron chi connectivity index (χ1n) is 8.11. The monoisotopic (exact) mass is 365 g/mol. The van der Waals surface area contributed by atoms with Crippen LogP contribution in [0.15, 0.2) is 41.8 Å². The number of nitrogens with zero attached hydrogens (tertiary/aromatic N) is 1. The molecule has 0 bridgehead atoms. The zero-order valence-electron chi connectivity index (χ0n) is 14.2. The molecule has 8 heteroatoms. The molecule has 1 saturated heterocycles. The summed E-state index contributed by atoms with van der Waals surface area (Å²) in [5.74, 6) is -0.447. The van der Waals surface area contributed by atoms with Gasteiger partial charge >= 0.3 is 0 Å². The molecule has 0 aliphatic carbocycles. The number of nitrogens with one attached hydrogen (secondary N) is 2. The lowest BCUT2D eigenvalue weighted by Gasteiger charge is -2.30. The lowest BCUT2D eigenvalue weighted by molar-refractivity contribution is -0.125. The van der Waals surface area contributed by atoms with Crippen LogP contribution in [0.5, 0.6) is 0 Å². The zero-order chi connectivity index (χ0) is 18.4. The Morgan fingerprint density at radius 3 is 2.36 bits per heavy atom. The molecule has 0 aromatic heterocycles. The molecule has 7 nitrogen and oxygen atoms in total. The molecule has 1 aliphatic rings. The van der Waals surface area contributed by atoms with Crippen molar-refractivity contribution in [2.24, 2.45) is 5.92 Å². The molecule has 0 saturated carbocycles. The summed E-state index contributed by atoms with van der Waals surface area (Å²) < 4.78 is 26.8. The highest BCUT2D eigenvalue weighted by atomic mass is 32.2. The fourth-order valence-corrected chi connectivity index (χ4v) is 4.21. The molecule has 1 fully saturated rings. The number of piperidine rings is 1. The van der Waals surface area contributed by atoms with E-state index in [1.807, 2.05) is 0 Å². The quantitative estimate of drug-likeness (QED) is 0.744. The first kappa shape index (κ1) is 19.1. The molecule has 0 radical (unpaired) electrons. The van der Waals surface area contributed by atoms with Crippen molar-refractivity contribution in [3.8, 4) is 0 Å². The lowest BCUT2D eigenvalue weighted by atomic mass is 9.97. The molecule has 2 N–H and O–H groups in total. The van der Waals surface area contributed by atoms with Crippen LogP contribution < -0.4 is 10.6 Å². The van der Waals surface area contributed by atoms with Crippen molar-refractivity contribution in [1.29, 1.82) is 0 Å². The highest BCUT2D eigenvalue weighted by Gasteiger charge is 2.31. The normalized spacial score (nSPS) is 16.2. The van der Waals surface area contributed by atoms with E-state index in [-0.39, 0.29) is 22.6 Å². The van der Waals surface area contributed by atoms with Crippen LogP contribution in [0.3, 0.4) is 0 Å².